The zero-order valence-electron chi connectivity index (χ0n) is 16.1. The molecule has 7 nitrogen and oxygen atoms in total. The fourth-order valence-electron chi connectivity index (χ4n) is 3.68. The van der Waals surface area contributed by atoms with Crippen LogP contribution < -0.4 is 10.2 Å². The number of furan rings is 1. The van der Waals surface area contributed by atoms with Gasteiger partial charge in [-0.3, -0.25) is 14.9 Å². The highest BCUT2D eigenvalue weighted by Gasteiger charge is 2.22. The number of carbonyl (C=O) groups excluding carboxylic acids is 1. The lowest BCUT2D eigenvalue weighted by Gasteiger charge is -2.31. The Morgan fingerprint density at radius 2 is 1.80 bits per heavy atom. The molecule has 1 aliphatic rings. The summed E-state index contributed by atoms with van der Waals surface area (Å²) in [6.07, 6.45) is 3.34. The number of nitrogens with one attached hydrogen (secondary N) is 1. The van der Waals surface area contributed by atoms with Gasteiger partial charge in [-0.05, 0) is 49.6 Å². The summed E-state index contributed by atoms with van der Waals surface area (Å²) in [5.41, 5.74) is 1.65. The van der Waals surface area contributed by atoms with Crippen LogP contribution in [-0.2, 0) is 0 Å². The first-order chi connectivity index (χ1) is 14.5. The van der Waals surface area contributed by atoms with Crippen LogP contribution in [0.15, 0.2) is 59.0 Å². The van der Waals surface area contributed by atoms with E-state index >= 15 is 0 Å². The first-order valence-corrected chi connectivity index (χ1v) is 10.1. The summed E-state index contributed by atoms with van der Waals surface area (Å²) >= 11 is 6.44. The third kappa shape index (κ3) is 4.02. The molecule has 0 bridgehead atoms. The van der Waals surface area contributed by atoms with Crippen molar-refractivity contribution in [3.8, 4) is 11.3 Å². The zero-order chi connectivity index (χ0) is 21.1. The van der Waals surface area contributed by atoms with Gasteiger partial charge in [0.25, 0.3) is 11.6 Å². The predicted molar refractivity (Wildman–Crippen MR) is 116 cm³/mol. The van der Waals surface area contributed by atoms with Gasteiger partial charge in [-0.1, -0.05) is 29.8 Å². The normalized spacial score (nSPS) is 13.8. The lowest BCUT2D eigenvalue weighted by Crippen LogP contribution is -2.30. The van der Waals surface area contributed by atoms with Crippen molar-refractivity contribution >= 4 is 34.6 Å². The van der Waals surface area contributed by atoms with Crippen molar-refractivity contribution < 1.29 is 14.1 Å². The van der Waals surface area contributed by atoms with E-state index in [1.165, 1.54) is 18.6 Å². The molecule has 0 unspecified atom stereocenters. The molecule has 8 heteroatoms. The van der Waals surface area contributed by atoms with Crippen LogP contribution in [0, 0.1) is 10.1 Å². The summed E-state index contributed by atoms with van der Waals surface area (Å²) in [6.45, 7) is 1.77. The molecule has 154 valence electrons. The molecule has 1 fully saturated rings. The Morgan fingerprint density at radius 3 is 2.57 bits per heavy atom. The molecule has 1 amide bonds. The Labute approximate surface area is 178 Å². The molecule has 2 aromatic carbocycles. The van der Waals surface area contributed by atoms with E-state index in [2.05, 4.69) is 10.2 Å². The lowest BCUT2D eigenvalue weighted by atomic mass is 10.1. The van der Waals surface area contributed by atoms with E-state index in [9.17, 15) is 14.9 Å². The van der Waals surface area contributed by atoms with Crippen LogP contribution in [-0.4, -0.2) is 23.9 Å². The number of nitro benzene ring substituents is 1. The van der Waals surface area contributed by atoms with Gasteiger partial charge in [-0.15, -0.1) is 0 Å². The highest BCUT2D eigenvalue weighted by molar-refractivity contribution is 6.34. The number of hydrogen-bond donors (Lipinski definition) is 1. The second-order valence-electron chi connectivity index (χ2n) is 7.08. The fraction of sp³-hybridized carbons (Fsp3) is 0.227. The average molecular weight is 426 g/mol. The maximum atomic E-state index is 12.8. The van der Waals surface area contributed by atoms with Crippen molar-refractivity contribution in [2.24, 2.45) is 0 Å². The van der Waals surface area contributed by atoms with Gasteiger partial charge in [0.15, 0.2) is 5.76 Å². The third-order valence-corrected chi connectivity index (χ3v) is 5.41. The summed E-state index contributed by atoms with van der Waals surface area (Å²) < 4.78 is 5.65. The standard InChI is InChI=1S/C22H20ClN3O4/c23-16-8-6-9-17(21(16)25-13-4-1-5-14-25)24-22(27)20-12-11-19(30-20)15-7-2-3-10-18(15)26(28)29/h2-3,6-12H,1,4-5,13-14H2,(H,24,27). The fourth-order valence-corrected chi connectivity index (χ4v) is 3.98. The Bertz CT molecular complexity index is 1090. The number of anilines is 2. The third-order valence-electron chi connectivity index (χ3n) is 5.10. The van der Waals surface area contributed by atoms with E-state index in [-0.39, 0.29) is 17.2 Å². The van der Waals surface area contributed by atoms with Gasteiger partial charge in [0.2, 0.25) is 0 Å². The smallest absolute Gasteiger partial charge is 0.291 e. The van der Waals surface area contributed by atoms with Crippen molar-refractivity contribution in [2.45, 2.75) is 19.3 Å². The predicted octanol–water partition coefficient (Wildman–Crippen LogP) is 5.75. The van der Waals surface area contributed by atoms with E-state index in [0.29, 0.717) is 16.3 Å². The van der Waals surface area contributed by atoms with Crippen LogP contribution >= 0.6 is 11.6 Å². The molecular weight excluding hydrogens is 406 g/mol. The quantitative estimate of drug-likeness (QED) is 0.415. The van der Waals surface area contributed by atoms with E-state index in [0.717, 1.165) is 31.6 Å². The molecule has 1 N–H and O–H groups in total. The average Bonchev–Trinajstić information content (AvgIpc) is 3.25. The summed E-state index contributed by atoms with van der Waals surface area (Å²) in [6, 6.07) is 14.7. The number of nitro groups is 1. The number of benzene rings is 2. The van der Waals surface area contributed by atoms with Crippen LogP contribution in [0.25, 0.3) is 11.3 Å². The van der Waals surface area contributed by atoms with Crippen molar-refractivity contribution in [1.82, 2.24) is 0 Å². The maximum absolute atomic E-state index is 12.8. The minimum Gasteiger partial charge on any atom is -0.451 e. The highest BCUT2D eigenvalue weighted by Crippen LogP contribution is 2.36. The van der Waals surface area contributed by atoms with Gasteiger partial charge in [-0.25, -0.2) is 0 Å². The van der Waals surface area contributed by atoms with E-state index in [1.54, 1.807) is 42.5 Å². The molecule has 30 heavy (non-hydrogen) atoms. The molecule has 0 spiro atoms. The Kier molecular flexibility index (Phi) is 5.72. The summed E-state index contributed by atoms with van der Waals surface area (Å²) in [7, 11) is 0. The molecule has 0 atom stereocenters. The number of hydrogen-bond acceptors (Lipinski definition) is 5. The van der Waals surface area contributed by atoms with Gasteiger partial charge in [0.05, 0.1) is 26.9 Å². The van der Waals surface area contributed by atoms with Crippen LogP contribution in [0.3, 0.4) is 0 Å². The second kappa shape index (κ2) is 8.59. The Balaban J connectivity index is 1.59. The number of carbonyl (C=O) groups is 1. The molecule has 4 rings (SSSR count). The van der Waals surface area contributed by atoms with Crippen LogP contribution in [0.1, 0.15) is 29.8 Å². The first kappa shape index (κ1) is 20.0. The minimum absolute atomic E-state index is 0.0627. The largest absolute Gasteiger partial charge is 0.451 e. The van der Waals surface area contributed by atoms with Gasteiger partial charge >= 0.3 is 0 Å². The molecule has 1 aliphatic heterocycles. The van der Waals surface area contributed by atoms with Gasteiger partial charge < -0.3 is 14.6 Å². The minimum atomic E-state index is -0.478. The number of amides is 1. The van der Waals surface area contributed by atoms with E-state index in [1.807, 2.05) is 0 Å². The second-order valence-corrected chi connectivity index (χ2v) is 7.48. The van der Waals surface area contributed by atoms with Crippen molar-refractivity contribution in [1.29, 1.82) is 0 Å². The van der Waals surface area contributed by atoms with Gasteiger partial charge in [-0.2, -0.15) is 0 Å². The lowest BCUT2D eigenvalue weighted by molar-refractivity contribution is -0.384. The molecule has 0 radical (unpaired) electrons. The van der Waals surface area contributed by atoms with Crippen molar-refractivity contribution in [3.05, 3.63) is 75.5 Å². The molecular formula is C22H20ClN3O4. The van der Waals surface area contributed by atoms with Gasteiger partial charge in [0.1, 0.15) is 5.76 Å². The first-order valence-electron chi connectivity index (χ1n) is 9.73. The van der Waals surface area contributed by atoms with E-state index in [4.69, 9.17) is 16.0 Å². The number of para-hydroxylation sites is 2. The summed E-state index contributed by atoms with van der Waals surface area (Å²) in [5.74, 6) is -0.122. The number of nitrogens with zero attached hydrogens (tertiary/aromatic N) is 2. The van der Waals surface area contributed by atoms with Gasteiger partial charge in [0, 0.05) is 19.2 Å². The van der Waals surface area contributed by atoms with Crippen LogP contribution in [0.4, 0.5) is 17.1 Å². The molecule has 1 saturated heterocycles. The van der Waals surface area contributed by atoms with Crippen molar-refractivity contribution in [2.75, 3.05) is 23.3 Å². The Morgan fingerprint density at radius 1 is 1.03 bits per heavy atom. The molecule has 1 aromatic heterocycles. The number of piperidine rings is 1. The maximum Gasteiger partial charge on any atom is 0.291 e. The number of rotatable bonds is 5. The summed E-state index contributed by atoms with van der Waals surface area (Å²) in [4.78, 5) is 25.8. The summed E-state index contributed by atoms with van der Waals surface area (Å²) in [5, 5.41) is 14.7. The topological polar surface area (TPSA) is 88.6 Å². The van der Waals surface area contributed by atoms with Crippen LogP contribution in [0.2, 0.25) is 5.02 Å². The molecule has 2 heterocycles. The van der Waals surface area contributed by atoms with E-state index < -0.39 is 10.8 Å². The molecule has 3 aromatic rings. The SMILES string of the molecule is O=C(Nc1cccc(Cl)c1N1CCCCC1)c1ccc(-c2ccccc2[N+](=O)[O-])o1. The molecule has 0 aliphatic carbocycles. The monoisotopic (exact) mass is 425 g/mol. The van der Waals surface area contributed by atoms with Crippen LogP contribution in [0.5, 0.6) is 0 Å². The highest BCUT2D eigenvalue weighted by atomic mass is 35.5. The van der Waals surface area contributed by atoms with Crippen molar-refractivity contribution in [3.63, 3.8) is 0 Å². The zero-order valence-corrected chi connectivity index (χ0v) is 16.9. The molecule has 0 saturated carbocycles. The Hall–Kier alpha value is -3.32. The number of halogens is 1.